The summed E-state index contributed by atoms with van der Waals surface area (Å²) in [6.45, 7) is 8.60. The van der Waals surface area contributed by atoms with Crippen molar-refractivity contribution in [1.29, 1.82) is 0 Å². The summed E-state index contributed by atoms with van der Waals surface area (Å²) in [6.07, 6.45) is 1.67. The Bertz CT molecular complexity index is 1100. The fourth-order valence-corrected chi connectivity index (χ4v) is 3.38. The molecule has 0 fully saturated rings. The van der Waals surface area contributed by atoms with Crippen LogP contribution in [-0.4, -0.2) is 29.1 Å². The van der Waals surface area contributed by atoms with Crippen molar-refractivity contribution in [2.45, 2.75) is 13.8 Å². The molecule has 0 aliphatic carbocycles. The lowest BCUT2D eigenvalue weighted by Gasteiger charge is -2.07. The molecule has 0 bridgehead atoms. The van der Waals surface area contributed by atoms with Crippen molar-refractivity contribution in [2.75, 3.05) is 13.2 Å². The second-order valence-corrected chi connectivity index (χ2v) is 7.24. The molecule has 3 rings (SSSR count). The molecule has 29 heavy (non-hydrogen) atoms. The third kappa shape index (κ3) is 5.20. The van der Waals surface area contributed by atoms with Crippen LogP contribution in [0, 0.1) is 5.82 Å². The summed E-state index contributed by atoms with van der Waals surface area (Å²) in [4.78, 5) is 5.27. The van der Waals surface area contributed by atoms with E-state index in [0.29, 0.717) is 23.7 Å². The van der Waals surface area contributed by atoms with Gasteiger partial charge in [0.05, 0.1) is 25.1 Å². The predicted molar refractivity (Wildman–Crippen MR) is 115 cm³/mol. The summed E-state index contributed by atoms with van der Waals surface area (Å²) < 4.78 is 20.5. The Morgan fingerprint density at radius 3 is 2.72 bits per heavy atom. The first-order valence-corrected chi connectivity index (χ1v) is 9.97. The first kappa shape index (κ1) is 20.5. The van der Waals surface area contributed by atoms with Crippen LogP contribution in [-0.2, 0) is 0 Å². The normalized spacial score (nSPS) is 11.9. The molecule has 0 spiro atoms. The molecule has 0 aliphatic rings. The van der Waals surface area contributed by atoms with Crippen LogP contribution in [0.1, 0.15) is 19.4 Å². The van der Waals surface area contributed by atoms with Gasteiger partial charge in [-0.25, -0.2) is 9.07 Å². The average Bonchev–Trinajstić information content (AvgIpc) is 3.10. The van der Waals surface area contributed by atoms with Crippen LogP contribution in [0.3, 0.4) is 0 Å². The summed E-state index contributed by atoms with van der Waals surface area (Å²) in [7, 11) is 0. The fraction of sp³-hybridized carbons (Fsp3) is 0.182. The zero-order valence-electron chi connectivity index (χ0n) is 16.3. The van der Waals surface area contributed by atoms with Crippen molar-refractivity contribution < 1.29 is 14.2 Å². The summed E-state index contributed by atoms with van der Waals surface area (Å²) >= 11 is 1.45. The van der Waals surface area contributed by atoms with E-state index >= 15 is 0 Å². The molecule has 0 atom stereocenters. The molecule has 1 heterocycles. The molecular formula is C22H22FN3O2S. The molecule has 1 N–H and O–H groups in total. The topological polar surface area (TPSA) is 59.1 Å². The van der Waals surface area contributed by atoms with Crippen LogP contribution in [0.15, 0.2) is 70.1 Å². The highest BCUT2D eigenvalue weighted by atomic mass is 32.1. The van der Waals surface area contributed by atoms with Gasteiger partial charge in [0.2, 0.25) is 4.80 Å². The Morgan fingerprint density at radius 1 is 1.28 bits per heavy atom. The fourth-order valence-electron chi connectivity index (χ4n) is 2.55. The number of hydrogen-bond donors (Lipinski definition) is 1. The Labute approximate surface area is 172 Å². The minimum atomic E-state index is -0.293. The van der Waals surface area contributed by atoms with Gasteiger partial charge in [-0.3, -0.25) is 4.99 Å². The van der Waals surface area contributed by atoms with Crippen molar-refractivity contribution in [3.8, 4) is 22.8 Å². The number of ether oxygens (including phenoxy) is 1. The number of aromatic hydroxyl groups is 1. The van der Waals surface area contributed by atoms with Gasteiger partial charge < -0.3 is 9.84 Å². The van der Waals surface area contributed by atoms with Crippen LogP contribution in [0.5, 0.6) is 11.5 Å². The van der Waals surface area contributed by atoms with Gasteiger partial charge in [0.15, 0.2) is 11.5 Å². The van der Waals surface area contributed by atoms with Crippen LogP contribution < -0.4 is 9.54 Å². The van der Waals surface area contributed by atoms with E-state index in [0.717, 1.165) is 22.4 Å². The molecule has 2 aromatic carbocycles. The maximum atomic E-state index is 13.3. The highest BCUT2D eigenvalue weighted by Gasteiger charge is 2.08. The molecule has 0 saturated heterocycles. The Hall–Kier alpha value is -3.19. The first-order valence-electron chi connectivity index (χ1n) is 9.09. The molecule has 150 valence electrons. The average molecular weight is 412 g/mol. The number of hydrogen-bond acceptors (Lipinski definition) is 5. The SMILES string of the molecule is C=C(C)CN=c1scc(-c2ccc(F)cc2)n1N=Cc1ccc(O)c(OCC)c1. The lowest BCUT2D eigenvalue weighted by molar-refractivity contribution is 0.318. The third-order valence-corrected chi connectivity index (χ3v) is 4.77. The van der Waals surface area contributed by atoms with Crippen molar-refractivity contribution in [2.24, 2.45) is 10.1 Å². The number of rotatable bonds is 7. The molecule has 0 unspecified atom stereocenters. The van der Waals surface area contributed by atoms with Gasteiger partial charge in [0.1, 0.15) is 5.82 Å². The quantitative estimate of drug-likeness (QED) is 0.448. The van der Waals surface area contributed by atoms with E-state index in [9.17, 15) is 9.50 Å². The molecular weight excluding hydrogens is 389 g/mol. The van der Waals surface area contributed by atoms with E-state index in [4.69, 9.17) is 4.74 Å². The lowest BCUT2D eigenvalue weighted by Crippen LogP contribution is -2.13. The summed E-state index contributed by atoms with van der Waals surface area (Å²) in [5, 5.41) is 16.4. The summed E-state index contributed by atoms with van der Waals surface area (Å²) in [5.41, 5.74) is 3.34. The first-order chi connectivity index (χ1) is 14.0. The number of phenolic OH excluding ortho intramolecular Hbond substituents is 1. The highest BCUT2D eigenvalue weighted by molar-refractivity contribution is 7.07. The van der Waals surface area contributed by atoms with E-state index < -0.39 is 0 Å². The van der Waals surface area contributed by atoms with Gasteiger partial charge in [-0.15, -0.1) is 11.3 Å². The van der Waals surface area contributed by atoms with Crippen LogP contribution in [0.2, 0.25) is 0 Å². The molecule has 3 aromatic rings. The maximum Gasteiger partial charge on any atom is 0.206 e. The van der Waals surface area contributed by atoms with Gasteiger partial charge in [-0.05, 0) is 61.9 Å². The minimum Gasteiger partial charge on any atom is -0.504 e. The Morgan fingerprint density at radius 2 is 2.03 bits per heavy atom. The second-order valence-electron chi connectivity index (χ2n) is 6.40. The van der Waals surface area contributed by atoms with Gasteiger partial charge in [-0.1, -0.05) is 12.2 Å². The number of thiazole rings is 1. The van der Waals surface area contributed by atoms with E-state index in [-0.39, 0.29) is 11.6 Å². The molecule has 0 aliphatic heterocycles. The van der Waals surface area contributed by atoms with E-state index in [1.807, 2.05) is 19.2 Å². The van der Waals surface area contributed by atoms with E-state index in [1.165, 1.54) is 23.5 Å². The summed E-state index contributed by atoms with van der Waals surface area (Å²) in [5.74, 6) is 0.188. The second kappa shape index (κ2) is 9.34. The zero-order valence-corrected chi connectivity index (χ0v) is 17.1. The van der Waals surface area contributed by atoms with Gasteiger partial charge >= 0.3 is 0 Å². The number of halogens is 1. The number of benzene rings is 2. The molecule has 5 nitrogen and oxygen atoms in total. The van der Waals surface area contributed by atoms with Gasteiger partial charge in [0.25, 0.3) is 0 Å². The van der Waals surface area contributed by atoms with Gasteiger partial charge in [0, 0.05) is 10.9 Å². The monoisotopic (exact) mass is 411 g/mol. The molecule has 0 radical (unpaired) electrons. The Kier molecular flexibility index (Phi) is 6.61. The van der Waals surface area contributed by atoms with Crippen molar-refractivity contribution in [3.63, 3.8) is 0 Å². The van der Waals surface area contributed by atoms with Crippen LogP contribution in [0.25, 0.3) is 11.3 Å². The molecule has 0 amide bonds. The van der Waals surface area contributed by atoms with Crippen LogP contribution in [0.4, 0.5) is 4.39 Å². The highest BCUT2D eigenvalue weighted by Crippen LogP contribution is 2.26. The lowest BCUT2D eigenvalue weighted by atomic mass is 10.2. The van der Waals surface area contributed by atoms with Crippen LogP contribution >= 0.6 is 11.3 Å². The molecule has 0 saturated carbocycles. The van der Waals surface area contributed by atoms with Gasteiger partial charge in [-0.2, -0.15) is 5.10 Å². The van der Waals surface area contributed by atoms with E-state index in [2.05, 4.69) is 16.7 Å². The molecule has 7 heteroatoms. The largest absolute Gasteiger partial charge is 0.504 e. The standard InChI is InChI=1S/C22H22FN3O2S/c1-4-28-21-11-16(5-10-20(21)27)13-25-26-19(17-6-8-18(23)9-7-17)14-29-22(26)24-12-15(2)3/h5-11,13-14,27H,2,4,12H2,1,3H3. The third-order valence-electron chi connectivity index (χ3n) is 3.92. The summed E-state index contributed by atoms with van der Waals surface area (Å²) in [6, 6.07) is 11.3. The van der Waals surface area contributed by atoms with Crippen molar-refractivity contribution >= 4 is 17.6 Å². The Balaban J connectivity index is 2.04. The number of aromatic nitrogens is 1. The number of nitrogens with zero attached hydrogens (tertiary/aromatic N) is 3. The number of phenols is 1. The predicted octanol–water partition coefficient (Wildman–Crippen LogP) is 4.82. The van der Waals surface area contributed by atoms with E-state index in [1.54, 1.807) is 41.2 Å². The van der Waals surface area contributed by atoms with Crippen molar-refractivity contribution in [1.82, 2.24) is 4.68 Å². The minimum absolute atomic E-state index is 0.0799. The van der Waals surface area contributed by atoms with Crippen molar-refractivity contribution in [3.05, 3.63) is 76.2 Å². The molecule has 1 aromatic heterocycles. The maximum absolute atomic E-state index is 13.3. The zero-order chi connectivity index (χ0) is 20.8. The smallest absolute Gasteiger partial charge is 0.206 e.